The van der Waals surface area contributed by atoms with Crippen molar-refractivity contribution in [1.82, 2.24) is 14.9 Å². The third-order valence-corrected chi connectivity index (χ3v) is 3.47. The van der Waals surface area contributed by atoms with Gasteiger partial charge in [0.15, 0.2) is 0 Å². The van der Waals surface area contributed by atoms with Gasteiger partial charge < -0.3 is 9.72 Å². The molecular formula is C16H21N3O2. The molecule has 2 aromatic rings. The Morgan fingerprint density at radius 3 is 2.67 bits per heavy atom. The Bertz CT molecular complexity index is 549. The van der Waals surface area contributed by atoms with E-state index in [0.717, 1.165) is 31.9 Å². The molecule has 2 rings (SSSR count). The maximum atomic E-state index is 11.4. The maximum Gasteiger partial charge on any atom is 0.337 e. The highest BCUT2D eigenvalue weighted by molar-refractivity contribution is 5.89. The fourth-order valence-electron chi connectivity index (χ4n) is 2.16. The van der Waals surface area contributed by atoms with Gasteiger partial charge in [-0.3, -0.25) is 4.90 Å². The van der Waals surface area contributed by atoms with Gasteiger partial charge in [0.25, 0.3) is 0 Å². The normalized spacial score (nSPS) is 10.8. The second-order valence-electron chi connectivity index (χ2n) is 4.84. The van der Waals surface area contributed by atoms with Crippen LogP contribution in [0.15, 0.2) is 36.7 Å². The molecule has 1 aromatic carbocycles. The smallest absolute Gasteiger partial charge is 0.337 e. The lowest BCUT2D eigenvalue weighted by molar-refractivity contribution is 0.0600. The summed E-state index contributed by atoms with van der Waals surface area (Å²) in [7, 11) is 1.39. The summed E-state index contributed by atoms with van der Waals surface area (Å²) in [5.41, 5.74) is 1.80. The number of methoxy groups -OCH3 is 1. The fourth-order valence-corrected chi connectivity index (χ4v) is 2.16. The molecule has 0 radical (unpaired) electrons. The van der Waals surface area contributed by atoms with E-state index in [1.165, 1.54) is 12.7 Å². The largest absolute Gasteiger partial charge is 0.465 e. The van der Waals surface area contributed by atoms with Crippen molar-refractivity contribution >= 4 is 5.97 Å². The predicted molar refractivity (Wildman–Crippen MR) is 81.0 cm³/mol. The number of benzene rings is 1. The molecule has 0 aliphatic carbocycles. The number of aromatic nitrogens is 2. The van der Waals surface area contributed by atoms with Crippen molar-refractivity contribution in [2.45, 2.75) is 19.9 Å². The third-order valence-electron chi connectivity index (χ3n) is 3.47. The first-order valence-corrected chi connectivity index (χ1v) is 7.10. The number of carbonyl (C=O) groups excluding carboxylic acids is 1. The molecule has 1 heterocycles. The summed E-state index contributed by atoms with van der Waals surface area (Å²) in [4.78, 5) is 21.1. The van der Waals surface area contributed by atoms with E-state index in [-0.39, 0.29) is 5.97 Å². The van der Waals surface area contributed by atoms with Gasteiger partial charge in [0.05, 0.1) is 19.2 Å². The Balaban J connectivity index is 1.87. The van der Waals surface area contributed by atoms with Gasteiger partial charge in [-0.15, -0.1) is 0 Å². The van der Waals surface area contributed by atoms with E-state index in [1.807, 2.05) is 30.5 Å². The van der Waals surface area contributed by atoms with E-state index in [0.29, 0.717) is 5.56 Å². The van der Waals surface area contributed by atoms with Crippen LogP contribution < -0.4 is 0 Å². The molecule has 0 amide bonds. The highest BCUT2D eigenvalue weighted by Gasteiger charge is 2.07. The number of aromatic amines is 1. The number of likely N-dealkylation sites (N-methyl/N-ethyl adjacent to an activating group) is 1. The standard InChI is InChI=1S/C16H21N3O2/c1-3-19(12-15-17-9-10-18-15)11-8-13-4-6-14(7-5-13)16(20)21-2/h4-7,9-10H,3,8,11-12H2,1-2H3,(H,17,18). The van der Waals surface area contributed by atoms with Gasteiger partial charge in [0.2, 0.25) is 0 Å². The number of carbonyl (C=O) groups is 1. The second-order valence-corrected chi connectivity index (χ2v) is 4.84. The van der Waals surface area contributed by atoms with Gasteiger partial charge in [0.1, 0.15) is 5.82 Å². The minimum Gasteiger partial charge on any atom is -0.465 e. The highest BCUT2D eigenvalue weighted by atomic mass is 16.5. The van der Waals surface area contributed by atoms with Gasteiger partial charge in [-0.1, -0.05) is 19.1 Å². The average molecular weight is 287 g/mol. The first-order valence-electron chi connectivity index (χ1n) is 7.10. The van der Waals surface area contributed by atoms with Gasteiger partial charge in [0, 0.05) is 18.9 Å². The molecule has 112 valence electrons. The Hall–Kier alpha value is -2.14. The van der Waals surface area contributed by atoms with Crippen molar-refractivity contribution in [3.05, 3.63) is 53.6 Å². The van der Waals surface area contributed by atoms with Gasteiger partial charge >= 0.3 is 5.97 Å². The Morgan fingerprint density at radius 2 is 2.10 bits per heavy atom. The minimum absolute atomic E-state index is 0.297. The zero-order valence-corrected chi connectivity index (χ0v) is 12.5. The van der Waals surface area contributed by atoms with Crippen LogP contribution in [0.3, 0.4) is 0 Å². The number of esters is 1. The SMILES string of the molecule is CCN(CCc1ccc(C(=O)OC)cc1)Cc1ncc[nH]1. The van der Waals surface area contributed by atoms with E-state index in [2.05, 4.69) is 21.8 Å². The van der Waals surface area contributed by atoms with Crippen LogP contribution in [0.4, 0.5) is 0 Å². The van der Waals surface area contributed by atoms with E-state index < -0.39 is 0 Å². The summed E-state index contributed by atoms with van der Waals surface area (Å²) in [5.74, 6) is 0.687. The van der Waals surface area contributed by atoms with Crippen LogP contribution >= 0.6 is 0 Å². The molecule has 0 unspecified atom stereocenters. The summed E-state index contributed by atoms with van der Waals surface area (Å²) in [6.07, 6.45) is 4.55. The molecule has 0 atom stereocenters. The third kappa shape index (κ3) is 4.43. The van der Waals surface area contributed by atoms with Crippen molar-refractivity contribution in [3.63, 3.8) is 0 Å². The predicted octanol–water partition coefficient (Wildman–Crippen LogP) is 2.26. The van der Waals surface area contributed by atoms with E-state index in [9.17, 15) is 4.79 Å². The summed E-state index contributed by atoms with van der Waals surface area (Å²) >= 11 is 0. The number of hydrogen-bond acceptors (Lipinski definition) is 4. The molecule has 1 N–H and O–H groups in total. The van der Waals surface area contributed by atoms with Gasteiger partial charge in [-0.25, -0.2) is 9.78 Å². The summed E-state index contributed by atoms with van der Waals surface area (Å²) < 4.78 is 4.69. The molecule has 0 aliphatic heterocycles. The molecule has 0 saturated heterocycles. The number of hydrogen-bond donors (Lipinski definition) is 1. The van der Waals surface area contributed by atoms with Crippen molar-refractivity contribution in [2.75, 3.05) is 20.2 Å². The number of nitrogens with one attached hydrogen (secondary N) is 1. The molecule has 5 nitrogen and oxygen atoms in total. The van der Waals surface area contributed by atoms with Crippen molar-refractivity contribution < 1.29 is 9.53 Å². The first-order chi connectivity index (χ1) is 10.2. The lowest BCUT2D eigenvalue weighted by Gasteiger charge is -2.19. The number of ether oxygens (including phenoxy) is 1. The Labute approximate surface area is 125 Å². The van der Waals surface area contributed by atoms with Crippen LogP contribution in [0.5, 0.6) is 0 Å². The summed E-state index contributed by atoms with van der Waals surface area (Å²) in [6, 6.07) is 7.58. The van der Waals surface area contributed by atoms with Crippen molar-refractivity contribution in [1.29, 1.82) is 0 Å². The molecule has 0 fully saturated rings. The number of imidazole rings is 1. The summed E-state index contributed by atoms with van der Waals surface area (Å²) in [6.45, 7) is 4.89. The monoisotopic (exact) mass is 287 g/mol. The van der Waals surface area contributed by atoms with Gasteiger partial charge in [-0.05, 0) is 30.7 Å². The van der Waals surface area contributed by atoms with Crippen LogP contribution in [0.25, 0.3) is 0 Å². The number of rotatable bonds is 7. The molecule has 0 bridgehead atoms. The van der Waals surface area contributed by atoms with E-state index in [4.69, 9.17) is 4.74 Å². The quantitative estimate of drug-likeness (QED) is 0.794. The zero-order chi connectivity index (χ0) is 15.1. The van der Waals surface area contributed by atoms with Crippen LogP contribution in [-0.4, -0.2) is 41.0 Å². The van der Waals surface area contributed by atoms with Crippen LogP contribution in [0.1, 0.15) is 28.7 Å². The second kappa shape index (κ2) is 7.59. The van der Waals surface area contributed by atoms with Crippen molar-refractivity contribution in [3.8, 4) is 0 Å². The molecule has 21 heavy (non-hydrogen) atoms. The average Bonchev–Trinajstić information content (AvgIpc) is 3.04. The van der Waals surface area contributed by atoms with E-state index in [1.54, 1.807) is 6.20 Å². The molecule has 0 saturated carbocycles. The molecule has 1 aromatic heterocycles. The Morgan fingerprint density at radius 1 is 1.33 bits per heavy atom. The molecule has 0 aliphatic rings. The molecule has 0 spiro atoms. The van der Waals surface area contributed by atoms with Crippen LogP contribution in [0.2, 0.25) is 0 Å². The van der Waals surface area contributed by atoms with Gasteiger partial charge in [-0.2, -0.15) is 0 Å². The Kier molecular flexibility index (Phi) is 5.51. The lowest BCUT2D eigenvalue weighted by atomic mass is 10.1. The van der Waals surface area contributed by atoms with Crippen molar-refractivity contribution in [2.24, 2.45) is 0 Å². The van der Waals surface area contributed by atoms with E-state index >= 15 is 0 Å². The molecular weight excluding hydrogens is 266 g/mol. The molecule has 5 heteroatoms. The zero-order valence-electron chi connectivity index (χ0n) is 12.5. The van der Waals surface area contributed by atoms with Crippen LogP contribution in [-0.2, 0) is 17.7 Å². The minimum atomic E-state index is -0.297. The number of H-pyrrole nitrogens is 1. The maximum absolute atomic E-state index is 11.4. The topological polar surface area (TPSA) is 58.2 Å². The number of nitrogens with zero attached hydrogens (tertiary/aromatic N) is 2. The summed E-state index contributed by atoms with van der Waals surface area (Å²) in [5, 5.41) is 0. The highest BCUT2D eigenvalue weighted by Crippen LogP contribution is 2.08. The lowest BCUT2D eigenvalue weighted by Crippen LogP contribution is -2.26. The fraction of sp³-hybridized carbons (Fsp3) is 0.375. The van der Waals surface area contributed by atoms with Crippen LogP contribution in [0, 0.1) is 0 Å². The first kappa shape index (κ1) is 15.3.